The summed E-state index contributed by atoms with van der Waals surface area (Å²) < 4.78 is 29.1. The van der Waals surface area contributed by atoms with E-state index in [9.17, 15) is 77.6 Å². The minimum absolute atomic E-state index is 0.0347. The Morgan fingerprint density at radius 2 is 1.07 bits per heavy atom. The standard InChI is InChI=1S/C20H12N2O6.C10H8N2O3.C9H6O3.C7H6O3.C7H16O3.C7H6O2.C4H6O3.C3H4N2O2/c23-15-7-3-1-5-11(15)9-14-18(25)22(20(27)21-14)10-13-17(24)12-6-2-4-8-16(12)28-19(13)26;13-8-4-2-1-3-6(8)5-7-9(14)12-10(15)11-7;10-7-5-9(11)12-8-4-2-1-3-6(7)8;8-6-4-2-1-3-5(6)7(9)10;1-4-8-7(9-5-2)10-6-3;8-5-6-3-1-2-4-7(6)9;1-3(5)7-4(2)6;6-2-1-4-3(7)5-2/h1-10,23H,(H,21,27);1-5,13H,(H2,11,12,14,15);1-5,10H;1-4,8H,(H,9,10);7H,4-6H2,1-3H3;1-5,9H;1-2H3;1H2,(H2,4,5,6,7)/b13-10-,14-9-;7-5-;;;;;;. The zero-order valence-electron chi connectivity index (χ0n) is 52.5. The van der Waals surface area contributed by atoms with Gasteiger partial charge in [-0.15, -0.1) is 0 Å². The fraction of sp³-hybridized carbons (Fsp3) is 0.149. The maximum absolute atomic E-state index is 12.6. The van der Waals surface area contributed by atoms with E-state index in [4.69, 9.17) is 38.7 Å². The number of nitrogens with one attached hydrogen (secondary N) is 5. The number of phenolic OH excluding ortho intramolecular Hbond substituents is 3. The zero-order chi connectivity index (χ0) is 72.4. The maximum atomic E-state index is 12.6. The lowest BCUT2D eigenvalue weighted by Gasteiger charge is -2.17. The van der Waals surface area contributed by atoms with Gasteiger partial charge in [0.15, 0.2) is 6.29 Å². The number of nitrogens with zero attached hydrogens (tertiary/aromatic N) is 1. The van der Waals surface area contributed by atoms with Gasteiger partial charge in [-0.3, -0.25) is 44.2 Å². The van der Waals surface area contributed by atoms with Crippen LogP contribution in [0, 0.1) is 0 Å². The van der Waals surface area contributed by atoms with Gasteiger partial charge < -0.3 is 74.7 Å². The van der Waals surface area contributed by atoms with E-state index >= 15 is 0 Å². The van der Waals surface area contributed by atoms with E-state index in [0.29, 0.717) is 58.7 Å². The Bertz CT molecular complexity index is 4190. The molecule has 31 heteroatoms. The molecule has 4 aliphatic heterocycles. The van der Waals surface area contributed by atoms with Crippen LogP contribution in [0.1, 0.15) is 76.8 Å². The number of phenols is 4. The SMILES string of the molecule is CC(=O)OC(C)=O.CCOC(OCC)OCC.O=C(O)c1ccccc1O.O=C1CNC(=O)N1.O=C1NC(=O)/C(=C/c2ccccc2O)N1.O=C1Oc2ccccc2C(=O)/C1=C/N1C(=O)N/C(=C\c2ccccc2O)C1=O.O=Cc1ccccc1O.O=c1cc(O)c2ccccc2o1. The lowest BCUT2D eigenvalue weighted by atomic mass is 10.0. The summed E-state index contributed by atoms with van der Waals surface area (Å²) in [6, 6.07) is 37.3. The van der Waals surface area contributed by atoms with Crippen molar-refractivity contribution in [3.05, 3.63) is 213 Å². The van der Waals surface area contributed by atoms with Crippen LogP contribution in [0.25, 0.3) is 23.1 Å². The molecule has 11 N–H and O–H groups in total. The van der Waals surface area contributed by atoms with Gasteiger partial charge >= 0.3 is 47.6 Å². The van der Waals surface area contributed by atoms with Gasteiger partial charge in [0.25, 0.3) is 18.3 Å². The number of amides is 9. The topological polar surface area (TPSA) is 466 Å². The number of imide groups is 3. The number of para-hydroxylation sites is 6. The minimum atomic E-state index is -1.11. The van der Waals surface area contributed by atoms with Gasteiger partial charge in [0.05, 0.1) is 29.1 Å². The fourth-order valence-electron chi connectivity index (χ4n) is 7.52. The monoisotopic (exact) mass is 1350 g/mol. The predicted molar refractivity (Wildman–Crippen MR) is 344 cm³/mol. The highest BCUT2D eigenvalue weighted by molar-refractivity contribution is 6.28. The normalized spacial score (nSPS) is 14.2. The molecule has 0 unspecified atom stereocenters. The van der Waals surface area contributed by atoms with Crippen LogP contribution in [-0.4, -0.2) is 140 Å². The Morgan fingerprint density at radius 1 is 0.571 bits per heavy atom. The van der Waals surface area contributed by atoms with Crippen LogP contribution in [0.3, 0.4) is 0 Å². The number of ether oxygens (including phenoxy) is 5. The number of carboxylic acids is 1. The van der Waals surface area contributed by atoms with E-state index in [1.807, 2.05) is 26.1 Å². The number of ketones is 1. The van der Waals surface area contributed by atoms with E-state index in [-0.39, 0.29) is 69.5 Å². The van der Waals surface area contributed by atoms with Gasteiger partial charge in [0.2, 0.25) is 11.7 Å². The molecule has 4 aliphatic rings. The Hall–Kier alpha value is -13.1. The van der Waals surface area contributed by atoms with Crippen molar-refractivity contribution in [3.8, 4) is 34.5 Å². The highest BCUT2D eigenvalue weighted by Crippen LogP contribution is 2.29. The van der Waals surface area contributed by atoms with Crippen molar-refractivity contribution in [1.29, 1.82) is 0 Å². The molecule has 0 spiro atoms. The Kier molecular flexibility index (Phi) is 31.1. The summed E-state index contributed by atoms with van der Waals surface area (Å²) >= 11 is 0. The average molecular weight is 1350 g/mol. The summed E-state index contributed by atoms with van der Waals surface area (Å²) in [5.74, 6) is -5.48. The first kappa shape index (κ1) is 77.3. The van der Waals surface area contributed by atoms with E-state index < -0.39 is 77.2 Å². The third kappa shape index (κ3) is 25.1. The number of aldehydes is 1. The number of Topliss-reactive ketones (excluding diaryl/α,β-unsaturated/α-hetero) is 1. The van der Waals surface area contributed by atoms with Crippen molar-refractivity contribution in [1.82, 2.24) is 31.5 Å². The third-order valence-corrected chi connectivity index (χ3v) is 11.8. The molecule has 3 fully saturated rings. The average Bonchev–Trinajstić information content (AvgIpc) is 1.38. The summed E-state index contributed by atoms with van der Waals surface area (Å²) in [4.78, 5) is 143. The molecule has 0 radical (unpaired) electrons. The number of carbonyl (C=O) groups excluding carboxylic acids is 11. The number of rotatable bonds is 11. The third-order valence-electron chi connectivity index (χ3n) is 11.8. The molecule has 0 atom stereocenters. The van der Waals surface area contributed by atoms with Crippen molar-refractivity contribution in [2.24, 2.45) is 0 Å². The van der Waals surface area contributed by atoms with E-state index in [1.165, 1.54) is 68.5 Å². The lowest BCUT2D eigenvalue weighted by molar-refractivity contribution is -0.282. The van der Waals surface area contributed by atoms with Crippen molar-refractivity contribution in [2.45, 2.75) is 41.1 Å². The van der Waals surface area contributed by atoms with Crippen LogP contribution in [0.15, 0.2) is 184 Å². The Balaban J connectivity index is 0.000000252. The summed E-state index contributed by atoms with van der Waals surface area (Å²) in [7, 11) is 0. The molecule has 31 nitrogen and oxygen atoms in total. The maximum Gasteiger partial charge on any atom is 0.349 e. The second-order valence-electron chi connectivity index (χ2n) is 18.9. The van der Waals surface area contributed by atoms with Crippen LogP contribution >= 0.6 is 0 Å². The summed E-state index contributed by atoms with van der Waals surface area (Å²) in [6.45, 7) is 9.59. The number of hydrogen-bond donors (Lipinski definition) is 11. The highest BCUT2D eigenvalue weighted by Gasteiger charge is 2.37. The van der Waals surface area contributed by atoms with Gasteiger partial charge in [0.1, 0.15) is 62.6 Å². The molecule has 0 bridgehead atoms. The Labute approximate surface area is 555 Å². The van der Waals surface area contributed by atoms with Crippen molar-refractivity contribution in [3.63, 3.8) is 0 Å². The van der Waals surface area contributed by atoms with E-state index in [1.54, 1.807) is 103 Å². The molecule has 11 rings (SSSR count). The molecule has 98 heavy (non-hydrogen) atoms. The highest BCUT2D eigenvalue weighted by atomic mass is 16.8. The molecule has 6 aromatic carbocycles. The second kappa shape index (κ2) is 39.4. The predicted octanol–water partition coefficient (Wildman–Crippen LogP) is 6.64. The van der Waals surface area contributed by atoms with Crippen LogP contribution < -0.4 is 36.9 Å². The van der Waals surface area contributed by atoms with Gasteiger partial charge in [-0.1, -0.05) is 84.9 Å². The number of fused-ring (bicyclic) bond motifs is 2. The Morgan fingerprint density at radius 3 is 1.51 bits per heavy atom. The zero-order valence-corrected chi connectivity index (χ0v) is 52.5. The van der Waals surface area contributed by atoms with Crippen LogP contribution in [0.5, 0.6) is 34.5 Å². The number of aromatic hydroxyl groups is 5. The molecular formula is C67H64N6O25. The molecule has 3 saturated heterocycles. The lowest BCUT2D eigenvalue weighted by Crippen LogP contribution is -2.31. The molecule has 7 aromatic rings. The quantitative estimate of drug-likeness (QED) is 0.00744. The number of esters is 3. The number of urea groups is 3. The molecule has 1 aromatic heterocycles. The molecule has 5 heterocycles. The first-order valence-corrected chi connectivity index (χ1v) is 28.6. The first-order chi connectivity index (χ1) is 46.7. The van der Waals surface area contributed by atoms with Gasteiger partial charge in [-0.05, 0) is 93.6 Å². The van der Waals surface area contributed by atoms with Gasteiger partial charge in [-0.25, -0.2) is 33.7 Å². The number of benzene rings is 6. The first-order valence-electron chi connectivity index (χ1n) is 28.6. The molecular weight excluding hydrogens is 1290 g/mol. The number of aromatic carboxylic acids is 1. The van der Waals surface area contributed by atoms with Gasteiger partial charge in [-0.2, -0.15) is 0 Å². The van der Waals surface area contributed by atoms with Crippen molar-refractivity contribution in [2.75, 3.05) is 26.4 Å². The summed E-state index contributed by atoms with van der Waals surface area (Å²) in [5, 5.41) is 66.3. The smallest absolute Gasteiger partial charge is 0.349 e. The second-order valence-corrected chi connectivity index (χ2v) is 18.9. The molecule has 0 aliphatic carbocycles. The number of carbonyl (C=O) groups is 12. The van der Waals surface area contributed by atoms with Gasteiger partial charge in [0, 0.05) is 51.0 Å². The molecule has 9 amide bonds. The molecule has 512 valence electrons. The van der Waals surface area contributed by atoms with E-state index in [2.05, 4.69) is 26.0 Å². The number of carboxylic acid groups (broad SMARTS) is 1. The van der Waals surface area contributed by atoms with E-state index in [0.717, 1.165) is 12.3 Å². The summed E-state index contributed by atoms with van der Waals surface area (Å²) in [6.07, 6.45) is 4.19. The summed E-state index contributed by atoms with van der Waals surface area (Å²) in [5.41, 5.74) is 0.666. The van der Waals surface area contributed by atoms with Crippen molar-refractivity contribution < 1.29 is 116 Å². The van der Waals surface area contributed by atoms with Crippen LogP contribution in [0.2, 0.25) is 0 Å². The van der Waals surface area contributed by atoms with Crippen molar-refractivity contribution >= 4 is 94.9 Å². The fourth-order valence-corrected chi connectivity index (χ4v) is 7.52. The number of hydrogen-bond acceptors (Lipinski definition) is 24. The van der Waals surface area contributed by atoms with Crippen LogP contribution in [0.4, 0.5) is 14.4 Å². The van der Waals surface area contributed by atoms with Crippen LogP contribution in [-0.2, 0) is 47.7 Å². The minimum Gasteiger partial charge on any atom is -0.507 e. The largest absolute Gasteiger partial charge is 0.507 e. The molecule has 0 saturated carbocycles.